The van der Waals surface area contributed by atoms with E-state index in [1.54, 1.807) is 0 Å². The largest absolute Gasteiger partial charge is 0.330 e. The van der Waals surface area contributed by atoms with Gasteiger partial charge in [0.15, 0.2) is 0 Å². The maximum atomic E-state index is 5.66. The first-order valence-electron chi connectivity index (χ1n) is 7.90. The Balaban J connectivity index is 1.52. The molecule has 2 N–H and O–H groups in total. The van der Waals surface area contributed by atoms with Crippen LogP contribution in [0.1, 0.15) is 37.9 Å². The first-order valence-corrected chi connectivity index (χ1v) is 7.90. The lowest BCUT2D eigenvalue weighted by Gasteiger charge is -2.54. The molecule has 1 aromatic heterocycles. The SMILES string of the molecule is NCCc1nncn1CC1C2CC3CC(C2)CC1C3. The Morgan fingerprint density at radius 3 is 2.42 bits per heavy atom. The van der Waals surface area contributed by atoms with Crippen molar-refractivity contribution in [1.29, 1.82) is 0 Å². The smallest absolute Gasteiger partial charge is 0.134 e. The minimum atomic E-state index is 0.667. The van der Waals surface area contributed by atoms with Crippen LogP contribution in [0.3, 0.4) is 0 Å². The average molecular weight is 260 g/mol. The summed E-state index contributed by atoms with van der Waals surface area (Å²) in [6, 6.07) is 0. The molecule has 4 saturated carbocycles. The van der Waals surface area contributed by atoms with E-state index in [1.807, 2.05) is 6.33 Å². The molecule has 4 aliphatic carbocycles. The maximum Gasteiger partial charge on any atom is 0.134 e. The summed E-state index contributed by atoms with van der Waals surface area (Å²) in [5.41, 5.74) is 5.66. The standard InChI is InChI=1S/C15H24N4/c16-2-1-15-18-17-9-19(15)8-14-12-4-10-3-11(6-12)7-13(14)5-10/h9-14H,1-8,16H2. The van der Waals surface area contributed by atoms with Crippen molar-refractivity contribution in [3.8, 4) is 0 Å². The Labute approximate surface area is 114 Å². The molecule has 4 aliphatic rings. The molecule has 0 atom stereocenters. The minimum Gasteiger partial charge on any atom is -0.330 e. The summed E-state index contributed by atoms with van der Waals surface area (Å²) < 4.78 is 2.28. The molecule has 1 heterocycles. The van der Waals surface area contributed by atoms with Crippen molar-refractivity contribution in [1.82, 2.24) is 14.8 Å². The summed E-state index contributed by atoms with van der Waals surface area (Å²) in [4.78, 5) is 0. The number of hydrogen-bond donors (Lipinski definition) is 1. The van der Waals surface area contributed by atoms with Crippen molar-refractivity contribution < 1.29 is 0 Å². The Morgan fingerprint density at radius 2 is 1.79 bits per heavy atom. The van der Waals surface area contributed by atoms with E-state index in [0.717, 1.165) is 48.4 Å². The number of nitrogens with two attached hydrogens (primary N) is 1. The third-order valence-electron chi connectivity index (χ3n) is 5.89. The predicted octanol–water partition coefficient (Wildman–Crippen LogP) is 1.85. The lowest BCUT2D eigenvalue weighted by atomic mass is 9.52. The molecule has 5 rings (SSSR count). The van der Waals surface area contributed by atoms with E-state index in [2.05, 4.69) is 14.8 Å². The second kappa shape index (κ2) is 4.58. The summed E-state index contributed by atoms with van der Waals surface area (Å²) in [6.07, 6.45) is 10.3. The second-order valence-corrected chi connectivity index (χ2v) is 7.03. The number of rotatable bonds is 4. The molecule has 0 unspecified atom stereocenters. The van der Waals surface area contributed by atoms with Crippen LogP contribution in [0.2, 0.25) is 0 Å². The number of nitrogens with zero attached hydrogens (tertiary/aromatic N) is 3. The molecule has 1 aromatic rings. The Kier molecular flexibility index (Phi) is 2.87. The van der Waals surface area contributed by atoms with Crippen molar-refractivity contribution in [2.45, 2.75) is 45.1 Å². The van der Waals surface area contributed by atoms with Gasteiger partial charge in [-0.2, -0.15) is 0 Å². The fourth-order valence-electron chi connectivity index (χ4n) is 5.32. The molecule has 0 amide bonds. The fourth-order valence-corrected chi connectivity index (χ4v) is 5.32. The molecular weight excluding hydrogens is 236 g/mol. The molecule has 4 fully saturated rings. The summed E-state index contributed by atoms with van der Waals surface area (Å²) in [6.45, 7) is 1.80. The summed E-state index contributed by atoms with van der Waals surface area (Å²) in [7, 11) is 0. The van der Waals surface area contributed by atoms with Crippen LogP contribution in [0.4, 0.5) is 0 Å². The maximum absolute atomic E-state index is 5.66. The Morgan fingerprint density at radius 1 is 1.11 bits per heavy atom. The molecule has 104 valence electrons. The van der Waals surface area contributed by atoms with Gasteiger partial charge in [0.2, 0.25) is 0 Å². The Bertz CT molecular complexity index is 425. The topological polar surface area (TPSA) is 56.7 Å². The zero-order valence-electron chi connectivity index (χ0n) is 11.5. The van der Waals surface area contributed by atoms with Crippen LogP contribution in [0, 0.1) is 29.6 Å². The van der Waals surface area contributed by atoms with Crippen LogP contribution in [0.15, 0.2) is 6.33 Å². The van der Waals surface area contributed by atoms with Gasteiger partial charge >= 0.3 is 0 Å². The van der Waals surface area contributed by atoms with Gasteiger partial charge in [0.1, 0.15) is 12.2 Å². The van der Waals surface area contributed by atoms with Gasteiger partial charge < -0.3 is 10.3 Å². The van der Waals surface area contributed by atoms with E-state index >= 15 is 0 Å². The third-order valence-corrected chi connectivity index (χ3v) is 5.89. The van der Waals surface area contributed by atoms with Crippen molar-refractivity contribution in [2.75, 3.05) is 6.54 Å². The zero-order chi connectivity index (χ0) is 12.8. The highest BCUT2D eigenvalue weighted by Gasteiger charge is 2.48. The lowest BCUT2D eigenvalue weighted by Crippen LogP contribution is -2.46. The average Bonchev–Trinajstić information content (AvgIpc) is 2.81. The van der Waals surface area contributed by atoms with Gasteiger partial charge in [0.25, 0.3) is 0 Å². The fraction of sp³-hybridized carbons (Fsp3) is 0.867. The molecule has 4 heteroatoms. The third kappa shape index (κ3) is 2.00. The highest BCUT2D eigenvalue weighted by molar-refractivity contribution is 4.99. The molecule has 4 nitrogen and oxygen atoms in total. The molecule has 0 spiro atoms. The van der Waals surface area contributed by atoms with E-state index in [-0.39, 0.29) is 0 Å². The quantitative estimate of drug-likeness (QED) is 0.899. The first-order chi connectivity index (χ1) is 9.33. The summed E-state index contributed by atoms with van der Waals surface area (Å²) in [5, 5.41) is 8.30. The normalized spacial score (nSPS) is 39.9. The molecule has 4 bridgehead atoms. The van der Waals surface area contributed by atoms with Crippen LogP contribution >= 0.6 is 0 Å². The number of aromatic nitrogens is 3. The summed E-state index contributed by atoms with van der Waals surface area (Å²) in [5.74, 6) is 6.02. The van der Waals surface area contributed by atoms with Crippen molar-refractivity contribution in [3.05, 3.63) is 12.2 Å². The van der Waals surface area contributed by atoms with Crippen LogP contribution in [-0.2, 0) is 13.0 Å². The molecular formula is C15H24N4. The molecule has 19 heavy (non-hydrogen) atoms. The van der Waals surface area contributed by atoms with Gasteiger partial charge in [-0.25, -0.2) is 0 Å². The first kappa shape index (κ1) is 11.9. The number of hydrogen-bond acceptors (Lipinski definition) is 3. The highest BCUT2D eigenvalue weighted by atomic mass is 15.3. The van der Waals surface area contributed by atoms with Crippen LogP contribution in [-0.4, -0.2) is 21.3 Å². The van der Waals surface area contributed by atoms with Crippen LogP contribution in [0.25, 0.3) is 0 Å². The molecule has 0 radical (unpaired) electrons. The second-order valence-electron chi connectivity index (χ2n) is 7.03. The van der Waals surface area contributed by atoms with Gasteiger partial charge in [0.05, 0.1) is 0 Å². The lowest BCUT2D eigenvalue weighted by molar-refractivity contribution is -0.0432. The summed E-state index contributed by atoms with van der Waals surface area (Å²) >= 11 is 0. The van der Waals surface area contributed by atoms with Crippen molar-refractivity contribution in [2.24, 2.45) is 35.3 Å². The van der Waals surface area contributed by atoms with Gasteiger partial charge in [0, 0.05) is 13.0 Å². The molecule has 0 aliphatic heterocycles. The van der Waals surface area contributed by atoms with Gasteiger partial charge in [-0.3, -0.25) is 0 Å². The monoisotopic (exact) mass is 260 g/mol. The van der Waals surface area contributed by atoms with Crippen LogP contribution in [0.5, 0.6) is 0 Å². The molecule has 0 saturated heterocycles. The molecule has 0 aromatic carbocycles. The van der Waals surface area contributed by atoms with E-state index in [1.165, 1.54) is 32.1 Å². The van der Waals surface area contributed by atoms with Gasteiger partial charge in [-0.1, -0.05) is 0 Å². The zero-order valence-corrected chi connectivity index (χ0v) is 11.5. The van der Waals surface area contributed by atoms with Crippen LogP contribution < -0.4 is 5.73 Å². The van der Waals surface area contributed by atoms with E-state index in [0.29, 0.717) is 6.54 Å². The van der Waals surface area contributed by atoms with E-state index in [4.69, 9.17) is 5.73 Å². The Hall–Kier alpha value is -0.900. The van der Waals surface area contributed by atoms with E-state index < -0.39 is 0 Å². The minimum absolute atomic E-state index is 0.667. The highest BCUT2D eigenvalue weighted by Crippen LogP contribution is 2.56. The van der Waals surface area contributed by atoms with Gasteiger partial charge in [-0.15, -0.1) is 10.2 Å². The predicted molar refractivity (Wildman–Crippen MR) is 73.3 cm³/mol. The van der Waals surface area contributed by atoms with Gasteiger partial charge in [-0.05, 0) is 68.2 Å². The van der Waals surface area contributed by atoms with E-state index in [9.17, 15) is 0 Å². The van der Waals surface area contributed by atoms with Crippen molar-refractivity contribution in [3.63, 3.8) is 0 Å². The van der Waals surface area contributed by atoms with Crippen molar-refractivity contribution >= 4 is 0 Å².